The number of allylic oxidation sites excluding steroid dienone is 12. The second-order valence-corrected chi connectivity index (χ2v) is 15.3. The summed E-state index contributed by atoms with van der Waals surface area (Å²) in [6.07, 6.45) is 16.0. The molecule has 0 aromatic heterocycles. The first-order valence-corrected chi connectivity index (χ1v) is 17.1. The van der Waals surface area contributed by atoms with Crippen LogP contribution in [0.4, 0.5) is 0 Å². The molecule has 0 amide bonds. The third kappa shape index (κ3) is 8.80. The second kappa shape index (κ2) is 15.6. The molecule has 0 saturated heterocycles. The molecule has 0 aliphatic heterocycles. The fraction of sp³-hybridized carbons (Fsp3) is 0.524. The number of ketones is 2. The normalized spacial score (nSPS) is 28.2. The molecule has 0 aromatic rings. The maximum absolute atomic E-state index is 12.6. The van der Waals surface area contributed by atoms with Crippen molar-refractivity contribution in [3.8, 4) is 0 Å². The van der Waals surface area contributed by atoms with Gasteiger partial charge < -0.3 is 9.47 Å². The van der Waals surface area contributed by atoms with Crippen LogP contribution in [0.5, 0.6) is 0 Å². The molecule has 0 heterocycles. The van der Waals surface area contributed by atoms with Crippen LogP contribution in [0.15, 0.2) is 95.2 Å². The van der Waals surface area contributed by atoms with Crippen LogP contribution in [0, 0.1) is 34.5 Å². The molecule has 0 radical (unpaired) electrons. The highest BCUT2D eigenvalue weighted by Gasteiger charge is 2.62. The average Bonchev–Trinajstić information content (AvgIpc) is 3.62. The zero-order chi connectivity index (χ0) is 36.1. The van der Waals surface area contributed by atoms with Gasteiger partial charge in [-0.3, -0.25) is 19.2 Å². The van der Waals surface area contributed by atoms with E-state index < -0.39 is 12.2 Å². The first-order chi connectivity index (χ1) is 22.4. The van der Waals surface area contributed by atoms with Crippen LogP contribution in [0.1, 0.15) is 94.9 Å². The van der Waals surface area contributed by atoms with Crippen molar-refractivity contribution in [3.05, 3.63) is 95.2 Å². The highest BCUT2D eigenvalue weighted by Crippen LogP contribution is 2.61. The van der Waals surface area contributed by atoms with Gasteiger partial charge in [0.1, 0.15) is 12.2 Å². The number of esters is 2. The molecule has 0 bridgehead atoms. The topological polar surface area (TPSA) is 86.7 Å². The van der Waals surface area contributed by atoms with E-state index in [1.807, 2.05) is 65.8 Å². The zero-order valence-corrected chi connectivity index (χ0v) is 30.8. The number of ether oxygens (including phenoxy) is 2. The van der Waals surface area contributed by atoms with Gasteiger partial charge >= 0.3 is 11.9 Å². The summed E-state index contributed by atoms with van der Waals surface area (Å²) in [7, 11) is 0. The lowest BCUT2D eigenvalue weighted by Gasteiger charge is -2.13. The molecule has 0 aromatic carbocycles. The molecule has 48 heavy (non-hydrogen) atoms. The Bertz CT molecular complexity index is 1400. The smallest absolute Gasteiger partial charge is 0.310 e. The van der Waals surface area contributed by atoms with Crippen LogP contribution in [-0.4, -0.2) is 35.7 Å². The lowest BCUT2D eigenvalue weighted by Crippen LogP contribution is -2.20. The maximum atomic E-state index is 12.6. The molecule has 0 N–H and O–H groups in total. The Kier molecular flexibility index (Phi) is 12.6. The van der Waals surface area contributed by atoms with Gasteiger partial charge in [-0.2, -0.15) is 0 Å². The average molecular weight is 657 g/mol. The largest absolute Gasteiger partial charge is 0.457 e. The third-order valence-electron chi connectivity index (χ3n) is 10.4. The van der Waals surface area contributed by atoms with E-state index in [2.05, 4.69) is 53.0 Å². The maximum Gasteiger partial charge on any atom is 0.310 e. The Labute approximate surface area is 288 Å². The summed E-state index contributed by atoms with van der Waals surface area (Å²) in [5.74, 6) is 0.0349. The summed E-state index contributed by atoms with van der Waals surface area (Å²) >= 11 is 0. The molecule has 4 rings (SSSR count). The molecule has 4 aliphatic rings. The minimum Gasteiger partial charge on any atom is -0.457 e. The molecular formula is C42H56O6. The van der Waals surface area contributed by atoms with Crippen molar-refractivity contribution in [2.45, 2.75) is 107 Å². The van der Waals surface area contributed by atoms with E-state index in [1.54, 1.807) is 12.2 Å². The molecule has 6 atom stereocenters. The highest BCUT2D eigenvalue weighted by molar-refractivity contribution is 6.00. The quantitative estimate of drug-likeness (QED) is 0.118. The Morgan fingerprint density at radius 1 is 0.688 bits per heavy atom. The van der Waals surface area contributed by atoms with Crippen molar-refractivity contribution < 1.29 is 28.7 Å². The van der Waals surface area contributed by atoms with E-state index in [-0.39, 0.29) is 70.8 Å². The van der Waals surface area contributed by atoms with E-state index in [4.69, 9.17) is 9.47 Å². The van der Waals surface area contributed by atoms with E-state index in [9.17, 15) is 19.2 Å². The van der Waals surface area contributed by atoms with Crippen LogP contribution in [-0.2, 0) is 28.7 Å². The van der Waals surface area contributed by atoms with Gasteiger partial charge in [-0.1, -0.05) is 101 Å². The highest BCUT2D eigenvalue weighted by atomic mass is 16.5. The van der Waals surface area contributed by atoms with Crippen molar-refractivity contribution in [1.82, 2.24) is 0 Å². The number of hydrogen-bond acceptors (Lipinski definition) is 6. The van der Waals surface area contributed by atoms with Crippen molar-refractivity contribution in [3.63, 3.8) is 0 Å². The van der Waals surface area contributed by atoms with Gasteiger partial charge in [0.15, 0.2) is 11.6 Å². The molecule has 0 unspecified atom stereocenters. The van der Waals surface area contributed by atoms with Crippen LogP contribution < -0.4 is 0 Å². The van der Waals surface area contributed by atoms with Gasteiger partial charge in [0.2, 0.25) is 0 Å². The Balaban J connectivity index is 0.000000260. The van der Waals surface area contributed by atoms with Crippen LogP contribution in [0.2, 0.25) is 0 Å². The lowest BCUT2D eigenvalue weighted by atomic mass is 10.1. The van der Waals surface area contributed by atoms with Crippen molar-refractivity contribution >= 4 is 23.5 Å². The minimum absolute atomic E-state index is 0.0654. The van der Waals surface area contributed by atoms with Crippen LogP contribution in [0.3, 0.4) is 0 Å². The summed E-state index contributed by atoms with van der Waals surface area (Å²) in [6.45, 7) is 27.6. The minimum atomic E-state index is -0.402. The van der Waals surface area contributed by atoms with Gasteiger partial charge in [0.25, 0.3) is 0 Å². The summed E-state index contributed by atoms with van der Waals surface area (Å²) in [5, 5.41) is 0. The van der Waals surface area contributed by atoms with Crippen LogP contribution >= 0.6 is 0 Å². The van der Waals surface area contributed by atoms with Gasteiger partial charge in [-0.15, -0.1) is 0 Å². The molecule has 0 spiro atoms. The molecule has 2 saturated carbocycles. The second-order valence-electron chi connectivity index (χ2n) is 15.3. The number of carbonyl (C=O) groups is 4. The molecule has 6 nitrogen and oxygen atoms in total. The van der Waals surface area contributed by atoms with E-state index in [0.29, 0.717) is 12.8 Å². The third-order valence-corrected chi connectivity index (χ3v) is 10.4. The Hall–Kier alpha value is -3.80. The summed E-state index contributed by atoms with van der Waals surface area (Å²) in [5.41, 5.74) is 5.61. The molecule has 2 fully saturated rings. The van der Waals surface area contributed by atoms with Gasteiger partial charge in [0.05, 0.1) is 24.7 Å². The van der Waals surface area contributed by atoms with Gasteiger partial charge in [-0.25, -0.2) is 0 Å². The van der Waals surface area contributed by atoms with Gasteiger partial charge in [-0.05, 0) is 88.2 Å². The lowest BCUT2D eigenvalue weighted by molar-refractivity contribution is -0.151. The molecular weight excluding hydrogens is 600 g/mol. The Morgan fingerprint density at radius 2 is 1.02 bits per heavy atom. The SMILES string of the molecule is C=C/C=C\CC1=C(C)[C@@H](OC(=O)[C@@H]2[C@@H](C=C(C)C)C2(C)C)CC1=O.C=C/C=C\CC1=C(C)[C@@H](OC(=O)[C@@H]2[C@@H](C=C(C)C)C2(C)C)CC1=O. The molecule has 4 aliphatic carbocycles. The van der Waals surface area contributed by atoms with Crippen molar-refractivity contribution in [2.75, 3.05) is 0 Å². The van der Waals surface area contributed by atoms with Crippen LogP contribution in [0.25, 0.3) is 0 Å². The number of hydrogen-bond donors (Lipinski definition) is 0. The van der Waals surface area contributed by atoms with E-state index >= 15 is 0 Å². The predicted molar refractivity (Wildman–Crippen MR) is 193 cm³/mol. The predicted octanol–water partition coefficient (Wildman–Crippen LogP) is 9.12. The number of rotatable bonds is 12. The number of Topliss-reactive ketones (excluding diaryl/α,β-unsaturated/α-hetero) is 2. The first-order valence-electron chi connectivity index (χ1n) is 17.1. The first kappa shape index (κ1) is 38.6. The van der Waals surface area contributed by atoms with Crippen molar-refractivity contribution in [1.29, 1.82) is 0 Å². The van der Waals surface area contributed by atoms with E-state index in [1.165, 1.54) is 11.1 Å². The molecule has 260 valence electrons. The van der Waals surface area contributed by atoms with Gasteiger partial charge in [0, 0.05) is 11.1 Å². The number of carbonyl (C=O) groups excluding carboxylic acids is 4. The molecule has 6 heteroatoms. The summed E-state index contributed by atoms with van der Waals surface area (Å²) in [4.78, 5) is 49.5. The summed E-state index contributed by atoms with van der Waals surface area (Å²) in [6, 6.07) is 0. The fourth-order valence-electron chi connectivity index (χ4n) is 7.11. The Morgan fingerprint density at radius 3 is 1.31 bits per heavy atom. The fourth-order valence-corrected chi connectivity index (χ4v) is 7.11. The zero-order valence-electron chi connectivity index (χ0n) is 30.8. The monoisotopic (exact) mass is 656 g/mol. The van der Waals surface area contributed by atoms with Crippen molar-refractivity contribution in [2.24, 2.45) is 34.5 Å². The standard InChI is InChI=1S/2C21H28O3/c2*1-7-8-9-10-15-14(4)18(12-17(15)22)24-20(23)19-16(11-13(2)3)21(19,5)6/h2*7-9,11,16,18-19H,1,10,12H2,2-6H3/b2*9-8-/t2*16-,18+,19+/m11/s1. The van der Waals surface area contributed by atoms with E-state index in [0.717, 1.165) is 22.3 Å². The summed E-state index contributed by atoms with van der Waals surface area (Å²) < 4.78 is 11.4.